The number of carbonyl (C=O) groups excluding carboxylic acids is 1. The number of amides is 1. The van der Waals surface area contributed by atoms with Crippen molar-refractivity contribution in [1.29, 1.82) is 0 Å². The molecule has 2 N–H and O–H groups in total. The zero-order chi connectivity index (χ0) is 20.3. The fourth-order valence-corrected chi connectivity index (χ4v) is 4.33. The lowest BCUT2D eigenvalue weighted by molar-refractivity contribution is -0.116. The first-order valence-corrected chi connectivity index (χ1v) is 10.7. The fourth-order valence-electron chi connectivity index (χ4n) is 4.14. The molecule has 1 amide bonds. The summed E-state index contributed by atoms with van der Waals surface area (Å²) in [5, 5.41) is 14.5. The number of fused-ring (bicyclic) bond motifs is 1. The van der Waals surface area contributed by atoms with Crippen LogP contribution in [-0.2, 0) is 16.8 Å². The molecule has 6 heteroatoms. The van der Waals surface area contributed by atoms with Crippen LogP contribution >= 0.6 is 11.6 Å². The molecule has 0 aromatic heterocycles. The number of hydrogen-bond donors (Lipinski definition) is 2. The van der Waals surface area contributed by atoms with E-state index >= 15 is 0 Å². The van der Waals surface area contributed by atoms with Crippen LogP contribution in [-0.4, -0.2) is 42.2 Å². The Kier molecular flexibility index (Phi) is 6.09. The van der Waals surface area contributed by atoms with Crippen LogP contribution in [0.1, 0.15) is 36.8 Å². The summed E-state index contributed by atoms with van der Waals surface area (Å²) in [7, 11) is 0. The smallest absolute Gasteiger partial charge is 0.224 e. The van der Waals surface area contributed by atoms with E-state index in [4.69, 9.17) is 16.3 Å². The molecule has 0 atom stereocenters. The van der Waals surface area contributed by atoms with Crippen LogP contribution in [0.4, 0.5) is 5.69 Å². The maximum Gasteiger partial charge on any atom is 0.224 e. The molecule has 4 rings (SSSR count). The zero-order valence-corrected chi connectivity index (χ0v) is 17.3. The number of rotatable bonds is 6. The number of halogens is 1. The van der Waals surface area contributed by atoms with Crippen LogP contribution in [0.15, 0.2) is 42.5 Å². The van der Waals surface area contributed by atoms with Gasteiger partial charge in [-0.3, -0.25) is 4.79 Å². The SMILES string of the molecule is O=C1CCc2cc(OCCCN3CCC(O)(c4cccc(Cl)c4)CC3)ccc2N1. The number of nitrogens with one attached hydrogen (secondary N) is 1. The van der Waals surface area contributed by atoms with Crippen molar-refractivity contribution in [2.24, 2.45) is 0 Å². The van der Waals surface area contributed by atoms with Gasteiger partial charge in [-0.25, -0.2) is 0 Å². The van der Waals surface area contributed by atoms with Gasteiger partial charge in [-0.05, 0) is 67.1 Å². The first kappa shape index (κ1) is 20.2. The Bertz CT molecular complexity index is 878. The van der Waals surface area contributed by atoms with E-state index in [2.05, 4.69) is 10.2 Å². The van der Waals surface area contributed by atoms with Gasteiger partial charge in [-0.2, -0.15) is 0 Å². The number of likely N-dealkylation sites (tertiary alicyclic amines) is 1. The number of benzene rings is 2. The summed E-state index contributed by atoms with van der Waals surface area (Å²) in [6, 6.07) is 13.4. The van der Waals surface area contributed by atoms with Gasteiger partial charge >= 0.3 is 0 Å². The second-order valence-electron chi connectivity index (χ2n) is 7.95. The average molecular weight is 415 g/mol. The monoisotopic (exact) mass is 414 g/mol. The van der Waals surface area contributed by atoms with Gasteiger partial charge < -0.3 is 20.1 Å². The summed E-state index contributed by atoms with van der Waals surface area (Å²) >= 11 is 6.08. The quantitative estimate of drug-likeness (QED) is 0.702. The fraction of sp³-hybridized carbons (Fsp3) is 0.435. The van der Waals surface area contributed by atoms with Gasteiger partial charge in [0, 0.05) is 36.8 Å². The first-order chi connectivity index (χ1) is 14.0. The molecule has 0 unspecified atom stereocenters. The van der Waals surface area contributed by atoms with Crippen molar-refractivity contribution in [3.05, 3.63) is 58.6 Å². The molecule has 2 aliphatic rings. The summed E-state index contributed by atoms with van der Waals surface area (Å²) in [6.07, 6.45) is 3.66. The van der Waals surface area contributed by atoms with Gasteiger partial charge in [-0.15, -0.1) is 0 Å². The van der Waals surface area contributed by atoms with E-state index in [1.54, 1.807) is 0 Å². The highest BCUT2D eigenvalue weighted by Gasteiger charge is 2.33. The highest BCUT2D eigenvalue weighted by Crippen LogP contribution is 2.34. The molecule has 2 aromatic carbocycles. The Morgan fingerprint density at radius 3 is 2.76 bits per heavy atom. The first-order valence-electron chi connectivity index (χ1n) is 10.3. The molecule has 5 nitrogen and oxygen atoms in total. The molecular formula is C23H27ClN2O3. The third kappa shape index (κ3) is 4.92. The van der Waals surface area contributed by atoms with Crippen molar-refractivity contribution in [3.8, 4) is 5.75 Å². The molecule has 2 aromatic rings. The average Bonchev–Trinajstić information content (AvgIpc) is 2.72. The highest BCUT2D eigenvalue weighted by atomic mass is 35.5. The van der Waals surface area contributed by atoms with Gasteiger partial charge in [0.1, 0.15) is 5.75 Å². The molecular weight excluding hydrogens is 388 g/mol. The summed E-state index contributed by atoms with van der Waals surface area (Å²) in [5.74, 6) is 0.934. The van der Waals surface area contributed by atoms with Gasteiger partial charge in [0.15, 0.2) is 0 Å². The van der Waals surface area contributed by atoms with Crippen molar-refractivity contribution >= 4 is 23.2 Å². The summed E-state index contributed by atoms with van der Waals surface area (Å²) in [5.41, 5.74) is 2.17. The minimum absolute atomic E-state index is 0.0787. The van der Waals surface area contributed by atoms with E-state index in [0.717, 1.165) is 55.0 Å². The van der Waals surface area contributed by atoms with Crippen molar-refractivity contribution in [2.45, 2.75) is 37.7 Å². The van der Waals surface area contributed by atoms with Gasteiger partial charge in [-0.1, -0.05) is 23.7 Å². The van der Waals surface area contributed by atoms with Crippen LogP contribution in [0.3, 0.4) is 0 Å². The number of hydrogen-bond acceptors (Lipinski definition) is 4. The van der Waals surface area contributed by atoms with E-state index < -0.39 is 5.60 Å². The number of ether oxygens (including phenoxy) is 1. The number of anilines is 1. The van der Waals surface area contributed by atoms with Crippen molar-refractivity contribution < 1.29 is 14.6 Å². The van der Waals surface area contributed by atoms with E-state index in [1.165, 1.54) is 0 Å². The Morgan fingerprint density at radius 1 is 1.14 bits per heavy atom. The minimum atomic E-state index is -0.781. The molecule has 2 aliphatic heterocycles. The predicted molar refractivity (Wildman–Crippen MR) is 115 cm³/mol. The minimum Gasteiger partial charge on any atom is -0.494 e. The van der Waals surface area contributed by atoms with E-state index in [1.807, 2.05) is 42.5 Å². The molecule has 0 spiro atoms. The summed E-state index contributed by atoms with van der Waals surface area (Å²) < 4.78 is 5.91. The number of nitrogens with zero attached hydrogens (tertiary/aromatic N) is 1. The molecule has 1 fully saturated rings. The van der Waals surface area contributed by atoms with Gasteiger partial charge in [0.05, 0.1) is 12.2 Å². The molecule has 2 heterocycles. The van der Waals surface area contributed by atoms with Crippen molar-refractivity contribution in [1.82, 2.24) is 4.90 Å². The maximum absolute atomic E-state index is 11.4. The van der Waals surface area contributed by atoms with Crippen LogP contribution in [0.2, 0.25) is 5.02 Å². The highest BCUT2D eigenvalue weighted by molar-refractivity contribution is 6.30. The van der Waals surface area contributed by atoms with Gasteiger partial charge in [0.2, 0.25) is 5.91 Å². The van der Waals surface area contributed by atoms with Gasteiger partial charge in [0.25, 0.3) is 0 Å². The number of aryl methyl sites for hydroxylation is 1. The normalized spacial score (nSPS) is 18.8. The summed E-state index contributed by atoms with van der Waals surface area (Å²) in [4.78, 5) is 13.8. The lowest BCUT2D eigenvalue weighted by atomic mass is 9.84. The van der Waals surface area contributed by atoms with E-state index in [-0.39, 0.29) is 5.91 Å². The van der Waals surface area contributed by atoms with Crippen molar-refractivity contribution in [2.75, 3.05) is 31.6 Å². The molecule has 0 bridgehead atoms. The Morgan fingerprint density at radius 2 is 1.97 bits per heavy atom. The number of carbonyl (C=O) groups is 1. The Labute approximate surface area is 176 Å². The third-order valence-corrected chi connectivity index (χ3v) is 6.14. The molecule has 154 valence electrons. The Balaban J connectivity index is 1.21. The topological polar surface area (TPSA) is 61.8 Å². The Hall–Kier alpha value is -2.08. The largest absolute Gasteiger partial charge is 0.494 e. The number of piperidine rings is 1. The second-order valence-corrected chi connectivity index (χ2v) is 8.39. The molecule has 0 saturated carbocycles. The van der Waals surface area contributed by atoms with Crippen LogP contribution in [0, 0.1) is 0 Å². The lowest BCUT2D eigenvalue weighted by Crippen LogP contribution is -2.43. The molecule has 0 radical (unpaired) electrons. The van der Waals surface area contributed by atoms with Crippen LogP contribution < -0.4 is 10.1 Å². The van der Waals surface area contributed by atoms with Crippen LogP contribution in [0.25, 0.3) is 0 Å². The second kappa shape index (κ2) is 8.74. The van der Waals surface area contributed by atoms with E-state index in [9.17, 15) is 9.90 Å². The predicted octanol–water partition coefficient (Wildman–Crippen LogP) is 3.98. The maximum atomic E-state index is 11.4. The third-order valence-electron chi connectivity index (χ3n) is 5.90. The lowest BCUT2D eigenvalue weighted by Gasteiger charge is -2.38. The standard InChI is InChI=1S/C23H27ClN2O3/c24-19-4-1-3-18(16-19)23(28)9-12-26(13-10-23)11-2-14-29-20-6-7-21-17(15-20)5-8-22(27)25-21/h1,3-4,6-7,15-16,28H,2,5,8-14H2,(H,25,27). The molecule has 1 saturated heterocycles. The molecule has 29 heavy (non-hydrogen) atoms. The zero-order valence-electron chi connectivity index (χ0n) is 16.5. The number of aliphatic hydroxyl groups is 1. The van der Waals surface area contributed by atoms with E-state index in [0.29, 0.717) is 30.9 Å². The summed E-state index contributed by atoms with van der Waals surface area (Å²) in [6.45, 7) is 3.33. The molecule has 0 aliphatic carbocycles. The van der Waals surface area contributed by atoms with Crippen LogP contribution in [0.5, 0.6) is 5.75 Å². The van der Waals surface area contributed by atoms with Crippen molar-refractivity contribution in [3.63, 3.8) is 0 Å².